The van der Waals surface area contributed by atoms with Crippen LogP contribution in [0.3, 0.4) is 0 Å². The highest BCUT2D eigenvalue weighted by Crippen LogP contribution is 2.12. The summed E-state index contributed by atoms with van der Waals surface area (Å²) in [5.74, 6) is -3.16. The van der Waals surface area contributed by atoms with Crippen molar-refractivity contribution in [1.82, 2.24) is 5.32 Å². The molecular weight excluding hydrogens is 302 g/mol. The summed E-state index contributed by atoms with van der Waals surface area (Å²) >= 11 is 0. The Morgan fingerprint density at radius 2 is 1.78 bits per heavy atom. The minimum absolute atomic E-state index is 0.305. The van der Waals surface area contributed by atoms with Crippen LogP contribution >= 0.6 is 0 Å². The molecule has 23 heavy (non-hydrogen) atoms. The first kappa shape index (κ1) is 19.1. The fraction of sp³-hybridized carbons (Fsp3) is 0.529. The van der Waals surface area contributed by atoms with Crippen LogP contribution in [0.25, 0.3) is 0 Å². The third kappa shape index (κ3) is 6.76. The van der Waals surface area contributed by atoms with Gasteiger partial charge in [-0.25, -0.2) is 8.78 Å². The molecule has 6 heteroatoms. The second-order valence-electron chi connectivity index (χ2n) is 5.61. The van der Waals surface area contributed by atoms with Crippen LogP contribution in [-0.4, -0.2) is 17.9 Å². The first-order valence-electron chi connectivity index (χ1n) is 8.01. The van der Waals surface area contributed by atoms with Gasteiger partial charge in [-0.1, -0.05) is 45.4 Å². The van der Waals surface area contributed by atoms with Crippen molar-refractivity contribution in [3.8, 4) is 0 Å². The van der Waals surface area contributed by atoms with E-state index in [9.17, 15) is 18.4 Å². The minimum Gasteiger partial charge on any atom is -0.368 e. The lowest BCUT2D eigenvalue weighted by molar-refractivity contribution is -0.120. The summed E-state index contributed by atoms with van der Waals surface area (Å²) in [4.78, 5) is 23.4. The molecule has 0 saturated carbocycles. The van der Waals surface area contributed by atoms with E-state index in [2.05, 4.69) is 12.2 Å². The zero-order valence-corrected chi connectivity index (χ0v) is 13.4. The van der Waals surface area contributed by atoms with Gasteiger partial charge in [0.15, 0.2) is 0 Å². The van der Waals surface area contributed by atoms with E-state index in [0.717, 1.165) is 44.2 Å². The largest absolute Gasteiger partial charge is 0.368 e. The Hall–Kier alpha value is -1.98. The number of rotatable bonds is 10. The van der Waals surface area contributed by atoms with E-state index >= 15 is 0 Å². The SMILES string of the molecule is CCCCCCCC[C@H](NC(=O)c1ccc(F)cc1F)C(N)=O. The molecule has 0 aliphatic heterocycles. The van der Waals surface area contributed by atoms with Gasteiger partial charge in [-0.3, -0.25) is 9.59 Å². The van der Waals surface area contributed by atoms with Crippen molar-refractivity contribution < 1.29 is 18.4 Å². The minimum atomic E-state index is -0.967. The van der Waals surface area contributed by atoms with E-state index in [1.165, 1.54) is 6.42 Å². The Morgan fingerprint density at radius 1 is 1.13 bits per heavy atom. The van der Waals surface area contributed by atoms with Crippen molar-refractivity contribution in [2.75, 3.05) is 0 Å². The third-order valence-corrected chi connectivity index (χ3v) is 3.67. The Bertz CT molecular complexity index is 535. The maximum atomic E-state index is 13.6. The summed E-state index contributed by atoms with van der Waals surface area (Å²) in [6, 6.07) is 1.81. The molecule has 2 amide bonds. The number of nitrogens with two attached hydrogens (primary N) is 1. The first-order valence-corrected chi connectivity index (χ1v) is 8.01. The molecule has 0 radical (unpaired) electrons. The average Bonchev–Trinajstić information content (AvgIpc) is 2.49. The molecule has 0 heterocycles. The summed E-state index contributed by atoms with van der Waals surface area (Å²) in [7, 11) is 0. The van der Waals surface area contributed by atoms with Crippen LogP contribution in [0, 0.1) is 11.6 Å². The lowest BCUT2D eigenvalue weighted by Crippen LogP contribution is -2.44. The molecule has 128 valence electrons. The van der Waals surface area contributed by atoms with E-state index in [0.29, 0.717) is 12.5 Å². The quantitative estimate of drug-likeness (QED) is 0.648. The highest BCUT2D eigenvalue weighted by Gasteiger charge is 2.20. The second kappa shape index (κ2) is 9.92. The number of hydrogen-bond acceptors (Lipinski definition) is 2. The van der Waals surface area contributed by atoms with Crippen molar-refractivity contribution in [2.24, 2.45) is 5.73 Å². The molecule has 1 rings (SSSR count). The van der Waals surface area contributed by atoms with Crippen molar-refractivity contribution in [1.29, 1.82) is 0 Å². The van der Waals surface area contributed by atoms with E-state index in [1.54, 1.807) is 0 Å². The lowest BCUT2D eigenvalue weighted by atomic mass is 10.0. The molecule has 1 aromatic carbocycles. The predicted octanol–water partition coefficient (Wildman–Crippen LogP) is 3.30. The van der Waals surface area contributed by atoms with E-state index in [1.807, 2.05) is 0 Å². The molecular formula is C17H24F2N2O2. The number of carbonyl (C=O) groups excluding carboxylic acids is 2. The molecule has 0 aliphatic rings. The number of benzene rings is 1. The molecule has 0 fully saturated rings. The van der Waals surface area contributed by atoms with Crippen LogP contribution in [-0.2, 0) is 4.79 Å². The van der Waals surface area contributed by atoms with Crippen molar-refractivity contribution in [3.63, 3.8) is 0 Å². The molecule has 0 aromatic heterocycles. The number of amides is 2. The summed E-state index contributed by atoms with van der Waals surface area (Å²) in [6.07, 6.45) is 6.66. The fourth-order valence-electron chi connectivity index (χ4n) is 2.32. The second-order valence-corrected chi connectivity index (χ2v) is 5.61. The summed E-state index contributed by atoms with van der Waals surface area (Å²) in [5, 5.41) is 2.42. The average molecular weight is 326 g/mol. The van der Waals surface area contributed by atoms with Crippen molar-refractivity contribution in [3.05, 3.63) is 35.4 Å². The van der Waals surface area contributed by atoms with Gasteiger partial charge in [0.1, 0.15) is 17.7 Å². The molecule has 3 N–H and O–H groups in total. The van der Waals surface area contributed by atoms with Gasteiger partial charge in [-0.2, -0.15) is 0 Å². The molecule has 4 nitrogen and oxygen atoms in total. The van der Waals surface area contributed by atoms with Crippen LogP contribution < -0.4 is 11.1 Å². The van der Waals surface area contributed by atoms with Crippen LogP contribution in [0.1, 0.15) is 62.2 Å². The highest BCUT2D eigenvalue weighted by molar-refractivity contribution is 5.97. The van der Waals surface area contributed by atoms with Crippen molar-refractivity contribution in [2.45, 2.75) is 57.9 Å². The van der Waals surface area contributed by atoms with Gasteiger partial charge >= 0.3 is 0 Å². The zero-order valence-electron chi connectivity index (χ0n) is 13.4. The molecule has 1 atom stereocenters. The van der Waals surface area contributed by atoms with Gasteiger partial charge in [0.05, 0.1) is 5.56 Å². The maximum absolute atomic E-state index is 13.6. The number of hydrogen-bond donors (Lipinski definition) is 2. The molecule has 1 aromatic rings. The summed E-state index contributed by atoms with van der Waals surface area (Å²) in [5.41, 5.74) is 4.98. The first-order chi connectivity index (χ1) is 11.0. The topological polar surface area (TPSA) is 72.2 Å². The molecule has 0 aliphatic carbocycles. The predicted molar refractivity (Wildman–Crippen MR) is 84.8 cm³/mol. The van der Waals surface area contributed by atoms with Crippen LogP contribution in [0.4, 0.5) is 8.78 Å². The van der Waals surface area contributed by atoms with Crippen LogP contribution in [0.2, 0.25) is 0 Å². The Morgan fingerprint density at radius 3 is 2.39 bits per heavy atom. The number of unbranched alkanes of at least 4 members (excludes halogenated alkanes) is 5. The van der Waals surface area contributed by atoms with Gasteiger partial charge in [-0.15, -0.1) is 0 Å². The monoisotopic (exact) mass is 326 g/mol. The van der Waals surface area contributed by atoms with E-state index in [4.69, 9.17) is 5.73 Å². The van der Waals surface area contributed by atoms with Gasteiger partial charge < -0.3 is 11.1 Å². The molecule has 0 unspecified atom stereocenters. The summed E-state index contributed by atoms with van der Waals surface area (Å²) in [6.45, 7) is 2.13. The smallest absolute Gasteiger partial charge is 0.254 e. The molecule has 0 bridgehead atoms. The molecule has 0 spiro atoms. The number of halogens is 2. The van der Waals surface area contributed by atoms with Crippen LogP contribution in [0.5, 0.6) is 0 Å². The van der Waals surface area contributed by atoms with E-state index in [-0.39, 0.29) is 5.56 Å². The third-order valence-electron chi connectivity index (χ3n) is 3.67. The number of nitrogens with one attached hydrogen (secondary N) is 1. The Kier molecular flexibility index (Phi) is 8.22. The number of primary amides is 1. The van der Waals surface area contributed by atoms with Gasteiger partial charge in [0, 0.05) is 6.07 Å². The lowest BCUT2D eigenvalue weighted by Gasteiger charge is -2.15. The van der Waals surface area contributed by atoms with Crippen LogP contribution in [0.15, 0.2) is 18.2 Å². The summed E-state index contributed by atoms with van der Waals surface area (Å²) < 4.78 is 26.4. The zero-order chi connectivity index (χ0) is 17.2. The van der Waals surface area contributed by atoms with Crippen molar-refractivity contribution >= 4 is 11.8 Å². The number of carbonyl (C=O) groups is 2. The van der Waals surface area contributed by atoms with Gasteiger partial charge in [-0.05, 0) is 18.6 Å². The Balaban J connectivity index is 2.51. The highest BCUT2D eigenvalue weighted by atomic mass is 19.1. The molecule has 0 saturated heterocycles. The van der Waals surface area contributed by atoms with E-state index < -0.39 is 29.5 Å². The van der Waals surface area contributed by atoms with Gasteiger partial charge in [0.2, 0.25) is 5.91 Å². The Labute approximate surface area is 135 Å². The standard InChI is InChI=1S/C17H24F2N2O2/c1-2-3-4-5-6-7-8-15(16(20)22)21-17(23)13-10-9-12(18)11-14(13)19/h9-11,15H,2-8H2,1H3,(H2,20,22)(H,21,23)/t15-/m0/s1. The maximum Gasteiger partial charge on any atom is 0.254 e. The normalized spacial score (nSPS) is 12.0. The fourth-order valence-corrected chi connectivity index (χ4v) is 2.32. The van der Waals surface area contributed by atoms with Gasteiger partial charge in [0.25, 0.3) is 5.91 Å².